The van der Waals surface area contributed by atoms with Crippen molar-refractivity contribution in [2.24, 2.45) is 5.92 Å². The van der Waals surface area contributed by atoms with Gasteiger partial charge in [-0.2, -0.15) is 0 Å². The number of halogens is 1. The van der Waals surface area contributed by atoms with Crippen LogP contribution < -0.4 is 9.47 Å². The monoisotopic (exact) mass is 274 g/mol. The molecule has 1 aromatic carbocycles. The van der Waals surface area contributed by atoms with E-state index in [4.69, 9.17) is 26.2 Å². The molecule has 100 valence electrons. The van der Waals surface area contributed by atoms with Gasteiger partial charge in [-0.05, 0) is 12.5 Å². The maximum atomic E-state index is 10.8. The van der Waals surface area contributed by atoms with Crippen molar-refractivity contribution < 1.29 is 24.5 Å². The molecule has 5 nitrogen and oxygen atoms in total. The fourth-order valence-electron chi connectivity index (χ4n) is 1.56. The minimum atomic E-state index is -0.944. The zero-order valence-corrected chi connectivity index (χ0v) is 11.1. The molecule has 1 rings (SSSR count). The summed E-state index contributed by atoms with van der Waals surface area (Å²) in [5.74, 6) is -1.18. The molecule has 1 atom stereocenters. The molecule has 0 aromatic heterocycles. The standard InChI is InChI=1S/C12H15ClO5/c1-6(12(15)16)4-7-5-8(17-2)11(18-3)9(13)10(7)14/h5-6,14H,4H2,1-3H3,(H,15,16). The summed E-state index contributed by atoms with van der Waals surface area (Å²) >= 11 is 5.94. The van der Waals surface area contributed by atoms with Crippen molar-refractivity contribution in [3.05, 3.63) is 16.7 Å². The molecule has 6 heteroatoms. The Hall–Kier alpha value is -1.62. The predicted molar refractivity (Wildman–Crippen MR) is 66.7 cm³/mol. The first kappa shape index (κ1) is 14.4. The zero-order chi connectivity index (χ0) is 13.9. The maximum Gasteiger partial charge on any atom is 0.306 e. The molecule has 0 radical (unpaired) electrons. The largest absolute Gasteiger partial charge is 0.506 e. The number of carboxylic acids is 1. The van der Waals surface area contributed by atoms with Gasteiger partial charge in [-0.3, -0.25) is 4.79 Å². The maximum absolute atomic E-state index is 10.8. The lowest BCUT2D eigenvalue weighted by atomic mass is 10.00. The number of hydrogen-bond donors (Lipinski definition) is 2. The quantitative estimate of drug-likeness (QED) is 0.862. The molecule has 18 heavy (non-hydrogen) atoms. The second-order valence-electron chi connectivity index (χ2n) is 3.88. The van der Waals surface area contributed by atoms with E-state index in [0.29, 0.717) is 11.3 Å². The average Bonchev–Trinajstić information content (AvgIpc) is 2.34. The molecule has 0 spiro atoms. The lowest BCUT2D eigenvalue weighted by molar-refractivity contribution is -0.141. The van der Waals surface area contributed by atoms with Crippen LogP contribution in [-0.2, 0) is 11.2 Å². The van der Waals surface area contributed by atoms with Crippen LogP contribution in [-0.4, -0.2) is 30.4 Å². The highest BCUT2D eigenvalue weighted by Gasteiger charge is 2.21. The van der Waals surface area contributed by atoms with Crippen LogP contribution in [0.5, 0.6) is 17.2 Å². The summed E-state index contributed by atoms with van der Waals surface area (Å²) in [7, 11) is 2.85. The third-order valence-electron chi connectivity index (χ3n) is 2.61. The number of aliphatic carboxylic acids is 1. The summed E-state index contributed by atoms with van der Waals surface area (Å²) in [5, 5.41) is 18.8. The fraction of sp³-hybridized carbons (Fsp3) is 0.417. The lowest BCUT2D eigenvalue weighted by Gasteiger charge is -2.15. The normalized spacial score (nSPS) is 12.0. The van der Waals surface area contributed by atoms with Gasteiger partial charge in [0.25, 0.3) is 0 Å². The van der Waals surface area contributed by atoms with Gasteiger partial charge in [0.15, 0.2) is 11.5 Å². The number of carboxylic acid groups (broad SMARTS) is 1. The molecule has 0 saturated carbocycles. The van der Waals surface area contributed by atoms with Crippen molar-refractivity contribution in [1.29, 1.82) is 0 Å². The van der Waals surface area contributed by atoms with Crippen molar-refractivity contribution >= 4 is 17.6 Å². The highest BCUT2D eigenvalue weighted by atomic mass is 35.5. The Morgan fingerprint density at radius 3 is 2.50 bits per heavy atom. The van der Waals surface area contributed by atoms with Crippen LogP contribution in [0.15, 0.2) is 6.07 Å². The molecule has 0 amide bonds. The SMILES string of the molecule is COc1cc(CC(C)C(=O)O)c(O)c(Cl)c1OC. The summed E-state index contributed by atoms with van der Waals surface area (Å²) in [5.41, 5.74) is 0.410. The van der Waals surface area contributed by atoms with Crippen LogP contribution in [0.3, 0.4) is 0 Å². The van der Waals surface area contributed by atoms with Crippen molar-refractivity contribution in [3.63, 3.8) is 0 Å². The van der Waals surface area contributed by atoms with Crippen LogP contribution in [0.4, 0.5) is 0 Å². The molecule has 0 aliphatic heterocycles. The first-order valence-electron chi connectivity index (χ1n) is 5.27. The van der Waals surface area contributed by atoms with Crippen LogP contribution in [0.2, 0.25) is 5.02 Å². The molecule has 0 aliphatic carbocycles. The number of benzene rings is 1. The van der Waals surface area contributed by atoms with E-state index in [9.17, 15) is 9.90 Å². The number of carbonyl (C=O) groups is 1. The Balaban J connectivity index is 3.21. The van der Waals surface area contributed by atoms with Crippen LogP contribution in [0.1, 0.15) is 12.5 Å². The Morgan fingerprint density at radius 2 is 2.06 bits per heavy atom. The highest BCUT2D eigenvalue weighted by Crippen LogP contribution is 2.43. The number of ether oxygens (including phenoxy) is 2. The van der Waals surface area contributed by atoms with Gasteiger partial charge in [-0.25, -0.2) is 0 Å². The molecule has 1 unspecified atom stereocenters. The Bertz CT molecular complexity index is 458. The molecular weight excluding hydrogens is 260 g/mol. The molecule has 0 bridgehead atoms. The molecule has 0 aliphatic rings. The first-order chi connectivity index (χ1) is 8.42. The Labute approximate surface area is 110 Å². The minimum Gasteiger partial charge on any atom is -0.506 e. The van der Waals surface area contributed by atoms with E-state index in [1.807, 2.05) is 0 Å². The van der Waals surface area contributed by atoms with Crippen molar-refractivity contribution in [2.75, 3.05) is 14.2 Å². The summed E-state index contributed by atoms with van der Waals surface area (Å²) in [6, 6.07) is 1.53. The van der Waals surface area contributed by atoms with E-state index in [2.05, 4.69) is 0 Å². The topological polar surface area (TPSA) is 76.0 Å². The summed E-state index contributed by atoms with van der Waals surface area (Å²) < 4.78 is 10.1. The molecule has 0 saturated heterocycles. The van der Waals surface area contributed by atoms with E-state index in [1.165, 1.54) is 20.3 Å². The molecular formula is C12H15ClO5. The predicted octanol–water partition coefficient (Wildman–Crippen LogP) is 2.33. The fourth-order valence-corrected chi connectivity index (χ4v) is 1.86. The van der Waals surface area contributed by atoms with Crippen molar-refractivity contribution in [1.82, 2.24) is 0 Å². The van der Waals surface area contributed by atoms with Crippen LogP contribution in [0, 0.1) is 5.92 Å². The van der Waals surface area contributed by atoms with Gasteiger partial charge in [-0.1, -0.05) is 18.5 Å². The van der Waals surface area contributed by atoms with E-state index in [1.54, 1.807) is 6.92 Å². The molecule has 1 aromatic rings. The van der Waals surface area contributed by atoms with E-state index in [-0.39, 0.29) is 22.9 Å². The Morgan fingerprint density at radius 1 is 1.44 bits per heavy atom. The van der Waals surface area contributed by atoms with Gasteiger partial charge >= 0.3 is 5.97 Å². The van der Waals surface area contributed by atoms with Gasteiger partial charge in [-0.15, -0.1) is 0 Å². The summed E-state index contributed by atoms with van der Waals surface area (Å²) in [4.78, 5) is 10.8. The molecule has 0 heterocycles. The number of aromatic hydroxyl groups is 1. The van der Waals surface area contributed by atoms with E-state index < -0.39 is 11.9 Å². The third-order valence-corrected chi connectivity index (χ3v) is 2.96. The second-order valence-corrected chi connectivity index (χ2v) is 4.26. The first-order valence-corrected chi connectivity index (χ1v) is 5.65. The smallest absolute Gasteiger partial charge is 0.306 e. The van der Waals surface area contributed by atoms with E-state index in [0.717, 1.165) is 0 Å². The van der Waals surface area contributed by atoms with Crippen molar-refractivity contribution in [3.8, 4) is 17.2 Å². The number of methoxy groups -OCH3 is 2. The third kappa shape index (κ3) is 2.79. The number of hydrogen-bond acceptors (Lipinski definition) is 4. The van der Waals surface area contributed by atoms with E-state index >= 15 is 0 Å². The van der Waals surface area contributed by atoms with Gasteiger partial charge in [0, 0.05) is 5.56 Å². The number of rotatable bonds is 5. The molecule has 2 N–H and O–H groups in total. The number of phenolic OH excluding ortho intramolecular Hbond substituents is 1. The summed E-state index contributed by atoms with van der Waals surface area (Å²) in [6.45, 7) is 1.55. The van der Waals surface area contributed by atoms with Gasteiger partial charge in [0.05, 0.1) is 20.1 Å². The minimum absolute atomic E-state index is 0.0180. The van der Waals surface area contributed by atoms with Gasteiger partial charge in [0.2, 0.25) is 0 Å². The van der Waals surface area contributed by atoms with Gasteiger partial charge in [0.1, 0.15) is 10.8 Å². The summed E-state index contributed by atoms with van der Waals surface area (Å²) in [6.07, 6.45) is 0.154. The average molecular weight is 275 g/mol. The number of phenols is 1. The lowest BCUT2D eigenvalue weighted by Crippen LogP contribution is -2.12. The van der Waals surface area contributed by atoms with Gasteiger partial charge < -0.3 is 19.7 Å². The Kier molecular flexibility index (Phi) is 4.67. The molecule has 0 fully saturated rings. The second kappa shape index (κ2) is 5.82. The highest BCUT2D eigenvalue weighted by molar-refractivity contribution is 6.33. The zero-order valence-electron chi connectivity index (χ0n) is 10.4. The van der Waals surface area contributed by atoms with Crippen LogP contribution in [0.25, 0.3) is 0 Å². The van der Waals surface area contributed by atoms with Crippen LogP contribution >= 0.6 is 11.6 Å². The van der Waals surface area contributed by atoms with Crippen molar-refractivity contribution in [2.45, 2.75) is 13.3 Å².